The third-order valence-corrected chi connectivity index (χ3v) is 4.27. The minimum absolute atomic E-state index is 0.0873. The van der Waals surface area contributed by atoms with Gasteiger partial charge in [-0.1, -0.05) is 18.2 Å². The highest BCUT2D eigenvalue weighted by Gasteiger charge is 2.48. The molecule has 2 N–H and O–H groups in total. The molecule has 1 aliphatic heterocycles. The second-order valence-electron chi connectivity index (χ2n) is 5.78. The number of hydrogen-bond acceptors (Lipinski definition) is 3. The number of hydrogen-bond donors (Lipinski definition) is 2. The summed E-state index contributed by atoms with van der Waals surface area (Å²) in [4.78, 5) is 36.6. The van der Waals surface area contributed by atoms with Crippen LogP contribution in [0.25, 0.3) is 0 Å². The highest BCUT2D eigenvalue weighted by Crippen LogP contribution is 2.38. The molecule has 0 radical (unpaired) electrons. The van der Waals surface area contributed by atoms with Gasteiger partial charge in [0.05, 0.1) is 18.4 Å². The molecule has 6 nitrogen and oxygen atoms in total. The summed E-state index contributed by atoms with van der Waals surface area (Å²) in [6, 6.07) is 7.77. The Balaban J connectivity index is 1.57. The van der Waals surface area contributed by atoms with Crippen molar-refractivity contribution in [3.8, 4) is 0 Å². The van der Waals surface area contributed by atoms with Crippen molar-refractivity contribution < 1.29 is 19.5 Å². The van der Waals surface area contributed by atoms with Crippen LogP contribution >= 0.6 is 0 Å². The Bertz CT molecular complexity index is 628. The van der Waals surface area contributed by atoms with E-state index in [0.29, 0.717) is 13.0 Å². The third-order valence-electron chi connectivity index (χ3n) is 4.27. The van der Waals surface area contributed by atoms with Gasteiger partial charge in [-0.2, -0.15) is 0 Å². The molecule has 1 aliphatic carbocycles. The summed E-state index contributed by atoms with van der Waals surface area (Å²) >= 11 is 0. The maximum Gasteiger partial charge on any atom is 0.307 e. The van der Waals surface area contributed by atoms with E-state index >= 15 is 0 Å². The minimum Gasteiger partial charge on any atom is -0.481 e. The number of anilines is 1. The van der Waals surface area contributed by atoms with Crippen LogP contribution in [0.1, 0.15) is 18.4 Å². The van der Waals surface area contributed by atoms with Crippen LogP contribution in [-0.4, -0.2) is 36.0 Å². The monoisotopic (exact) mass is 302 g/mol. The van der Waals surface area contributed by atoms with E-state index in [1.807, 2.05) is 24.3 Å². The van der Waals surface area contributed by atoms with Crippen molar-refractivity contribution >= 4 is 23.5 Å². The first-order chi connectivity index (χ1) is 10.6. The molecule has 0 bridgehead atoms. The molecule has 2 aliphatic rings. The maximum absolute atomic E-state index is 12.3. The van der Waals surface area contributed by atoms with E-state index in [1.165, 1.54) is 0 Å². The fourth-order valence-corrected chi connectivity index (χ4v) is 2.94. The number of nitrogens with one attached hydrogen (secondary N) is 1. The molecular weight excluding hydrogens is 284 g/mol. The van der Waals surface area contributed by atoms with Crippen molar-refractivity contribution in [3.63, 3.8) is 0 Å². The first-order valence-electron chi connectivity index (χ1n) is 7.46. The van der Waals surface area contributed by atoms with Crippen molar-refractivity contribution in [2.45, 2.75) is 19.3 Å². The van der Waals surface area contributed by atoms with Gasteiger partial charge in [-0.05, 0) is 30.9 Å². The summed E-state index contributed by atoms with van der Waals surface area (Å²) < 4.78 is 0. The predicted molar refractivity (Wildman–Crippen MR) is 79.4 cm³/mol. The predicted octanol–water partition coefficient (Wildman–Crippen LogP) is 0.803. The zero-order valence-corrected chi connectivity index (χ0v) is 12.1. The van der Waals surface area contributed by atoms with Crippen molar-refractivity contribution in [3.05, 3.63) is 29.8 Å². The van der Waals surface area contributed by atoms with Gasteiger partial charge >= 0.3 is 5.97 Å². The normalized spacial score (nSPS) is 22.6. The van der Waals surface area contributed by atoms with Gasteiger partial charge < -0.3 is 15.3 Å². The number of amides is 2. The van der Waals surface area contributed by atoms with E-state index in [9.17, 15) is 14.4 Å². The lowest BCUT2D eigenvalue weighted by atomic mass is 10.0. The second-order valence-corrected chi connectivity index (χ2v) is 5.78. The summed E-state index contributed by atoms with van der Waals surface area (Å²) in [6.45, 7) is 0.558. The van der Waals surface area contributed by atoms with Crippen LogP contribution < -0.4 is 10.2 Å². The molecule has 1 fully saturated rings. The third kappa shape index (κ3) is 2.81. The molecule has 1 aromatic rings. The van der Waals surface area contributed by atoms with Gasteiger partial charge in [-0.25, -0.2) is 0 Å². The number of rotatable bonds is 4. The lowest BCUT2D eigenvalue weighted by Gasteiger charge is -2.29. The molecule has 2 amide bonds. The lowest BCUT2D eigenvalue weighted by molar-refractivity contribution is -0.140. The van der Waals surface area contributed by atoms with Gasteiger partial charge in [0.15, 0.2) is 0 Å². The van der Waals surface area contributed by atoms with Gasteiger partial charge in [-0.3, -0.25) is 14.4 Å². The summed E-state index contributed by atoms with van der Waals surface area (Å²) in [5.41, 5.74) is 2.05. The van der Waals surface area contributed by atoms with Crippen molar-refractivity contribution in [2.24, 2.45) is 11.8 Å². The van der Waals surface area contributed by atoms with Crippen LogP contribution in [0.5, 0.6) is 0 Å². The molecule has 0 saturated heterocycles. The Morgan fingerprint density at radius 2 is 2.00 bits per heavy atom. The van der Waals surface area contributed by atoms with E-state index in [2.05, 4.69) is 5.32 Å². The fraction of sp³-hybridized carbons (Fsp3) is 0.438. The molecule has 1 saturated carbocycles. The zero-order valence-electron chi connectivity index (χ0n) is 12.1. The Hall–Kier alpha value is -2.37. The van der Waals surface area contributed by atoms with Gasteiger partial charge in [0.2, 0.25) is 11.8 Å². The van der Waals surface area contributed by atoms with E-state index in [0.717, 1.165) is 24.1 Å². The largest absolute Gasteiger partial charge is 0.481 e. The van der Waals surface area contributed by atoms with E-state index in [4.69, 9.17) is 5.11 Å². The Labute approximate surface area is 128 Å². The van der Waals surface area contributed by atoms with Gasteiger partial charge in [0.25, 0.3) is 0 Å². The Morgan fingerprint density at radius 3 is 2.73 bits per heavy atom. The number of carbonyl (C=O) groups is 3. The lowest BCUT2D eigenvalue weighted by Crippen LogP contribution is -2.43. The van der Waals surface area contributed by atoms with Crippen molar-refractivity contribution in [2.75, 3.05) is 18.0 Å². The highest BCUT2D eigenvalue weighted by molar-refractivity contribution is 5.98. The quantitative estimate of drug-likeness (QED) is 0.861. The molecule has 0 spiro atoms. The zero-order chi connectivity index (χ0) is 15.7. The number of carbonyl (C=O) groups excluding carboxylic acids is 2. The first kappa shape index (κ1) is 14.6. The van der Waals surface area contributed by atoms with Crippen LogP contribution in [-0.2, 0) is 20.8 Å². The average molecular weight is 302 g/mol. The van der Waals surface area contributed by atoms with Gasteiger partial charge in [0.1, 0.15) is 0 Å². The highest BCUT2D eigenvalue weighted by atomic mass is 16.4. The molecular formula is C16H18N2O4. The standard InChI is InChI=1S/C16H18N2O4/c19-14(9-17-15(20)11-8-12(11)16(21)22)18-7-3-5-10-4-1-2-6-13(10)18/h1-2,4,6,11-12H,3,5,7-9H2,(H,17,20)(H,21,22). The van der Waals surface area contributed by atoms with E-state index in [1.54, 1.807) is 4.90 Å². The Kier molecular flexibility index (Phi) is 3.83. The van der Waals surface area contributed by atoms with Crippen molar-refractivity contribution in [1.82, 2.24) is 5.32 Å². The van der Waals surface area contributed by atoms with Crippen LogP contribution in [0.4, 0.5) is 5.69 Å². The molecule has 2 unspecified atom stereocenters. The fourth-order valence-electron chi connectivity index (χ4n) is 2.94. The molecule has 2 atom stereocenters. The minimum atomic E-state index is -0.948. The second kappa shape index (κ2) is 5.79. The number of para-hydroxylation sites is 1. The number of carboxylic acid groups (broad SMARTS) is 1. The van der Waals surface area contributed by atoms with E-state index in [-0.39, 0.29) is 18.4 Å². The number of nitrogens with zero attached hydrogens (tertiary/aromatic N) is 1. The molecule has 1 aromatic carbocycles. The Morgan fingerprint density at radius 1 is 1.23 bits per heavy atom. The SMILES string of the molecule is O=C(O)C1CC1C(=O)NCC(=O)N1CCCc2ccccc21. The van der Waals surface area contributed by atoms with Crippen LogP contribution in [0.15, 0.2) is 24.3 Å². The summed E-state index contributed by atoms with van der Waals surface area (Å²) in [5, 5.41) is 11.4. The summed E-state index contributed by atoms with van der Waals surface area (Å²) in [5.74, 6) is -2.53. The van der Waals surface area contributed by atoms with Crippen LogP contribution in [0.3, 0.4) is 0 Å². The van der Waals surface area contributed by atoms with Gasteiger partial charge in [0, 0.05) is 12.2 Å². The number of carboxylic acids is 1. The molecule has 116 valence electrons. The molecule has 6 heteroatoms. The number of aryl methyl sites for hydroxylation is 1. The van der Waals surface area contributed by atoms with Crippen LogP contribution in [0.2, 0.25) is 0 Å². The average Bonchev–Trinajstić information content (AvgIpc) is 3.32. The summed E-state index contributed by atoms with van der Waals surface area (Å²) in [6.07, 6.45) is 2.22. The van der Waals surface area contributed by atoms with E-state index < -0.39 is 17.8 Å². The molecule has 0 aromatic heterocycles. The van der Waals surface area contributed by atoms with Gasteiger partial charge in [-0.15, -0.1) is 0 Å². The number of benzene rings is 1. The van der Waals surface area contributed by atoms with Crippen molar-refractivity contribution in [1.29, 1.82) is 0 Å². The molecule has 1 heterocycles. The smallest absolute Gasteiger partial charge is 0.307 e. The van der Waals surface area contributed by atoms with Crippen LogP contribution in [0, 0.1) is 11.8 Å². The first-order valence-corrected chi connectivity index (χ1v) is 7.46. The molecule has 3 rings (SSSR count). The number of fused-ring (bicyclic) bond motifs is 1. The topological polar surface area (TPSA) is 86.7 Å². The molecule has 22 heavy (non-hydrogen) atoms. The number of aliphatic carboxylic acids is 1. The maximum atomic E-state index is 12.3. The summed E-state index contributed by atoms with van der Waals surface area (Å²) in [7, 11) is 0.